The quantitative estimate of drug-likeness (QED) is 0.523. The average molecular weight is 439 g/mol. The Morgan fingerprint density at radius 2 is 2.12 bits per heavy atom. The summed E-state index contributed by atoms with van der Waals surface area (Å²) in [6.45, 7) is 7.11. The van der Waals surface area contributed by atoms with E-state index in [4.69, 9.17) is 4.74 Å². The van der Waals surface area contributed by atoms with Gasteiger partial charge in [-0.05, 0) is 38.0 Å². The van der Waals surface area contributed by atoms with Gasteiger partial charge in [0, 0.05) is 30.8 Å². The van der Waals surface area contributed by atoms with E-state index in [1.807, 2.05) is 26.1 Å². The van der Waals surface area contributed by atoms with Gasteiger partial charge in [0.1, 0.15) is 17.9 Å². The van der Waals surface area contributed by atoms with Crippen molar-refractivity contribution in [3.8, 4) is 5.75 Å². The van der Waals surface area contributed by atoms with Crippen molar-refractivity contribution in [3.05, 3.63) is 59.7 Å². The second-order valence-electron chi connectivity index (χ2n) is 8.05. The Labute approximate surface area is 185 Å². The number of H-pyrrole nitrogens is 1. The molecule has 0 aliphatic carbocycles. The second-order valence-corrected chi connectivity index (χ2v) is 8.05. The zero-order valence-electron chi connectivity index (χ0n) is 18.5. The summed E-state index contributed by atoms with van der Waals surface area (Å²) in [4.78, 5) is 17.4. The number of rotatable bonds is 8. The second kappa shape index (κ2) is 8.94. The van der Waals surface area contributed by atoms with Crippen LogP contribution in [0.3, 0.4) is 0 Å². The van der Waals surface area contributed by atoms with Crippen molar-refractivity contribution in [2.24, 2.45) is 0 Å². The summed E-state index contributed by atoms with van der Waals surface area (Å²) in [5, 5.41) is 14.2. The summed E-state index contributed by atoms with van der Waals surface area (Å²) in [6, 6.07) is 6.66. The molecular formula is C23H27FN6O2. The van der Waals surface area contributed by atoms with Crippen LogP contribution in [0.15, 0.2) is 36.8 Å². The van der Waals surface area contributed by atoms with Gasteiger partial charge in [-0.3, -0.25) is 14.6 Å². The van der Waals surface area contributed by atoms with Crippen molar-refractivity contribution in [1.29, 1.82) is 0 Å². The molecule has 1 aliphatic heterocycles. The average Bonchev–Trinajstić information content (AvgIpc) is 3.45. The highest BCUT2D eigenvalue weighted by Crippen LogP contribution is 2.41. The highest BCUT2D eigenvalue weighted by molar-refractivity contribution is 6.27. The van der Waals surface area contributed by atoms with E-state index in [1.165, 1.54) is 12.4 Å². The Hall–Kier alpha value is -3.49. The molecule has 1 atom stereocenters. The van der Waals surface area contributed by atoms with Gasteiger partial charge in [0.25, 0.3) is 5.91 Å². The number of unbranched alkanes of at least 4 members (excludes halogenated alkanes) is 1. The number of carbonyl (C=O) groups excluding carboxylic acids is 1. The summed E-state index contributed by atoms with van der Waals surface area (Å²) in [5.41, 5.74) is 1.11. The summed E-state index contributed by atoms with van der Waals surface area (Å²) in [6.07, 6.45) is 5.44. The predicted molar refractivity (Wildman–Crippen MR) is 118 cm³/mol. The molecule has 1 unspecified atom stereocenters. The lowest BCUT2D eigenvalue weighted by molar-refractivity contribution is -0.117. The number of halogens is 1. The molecule has 2 N–H and O–H groups in total. The third-order valence-electron chi connectivity index (χ3n) is 5.68. The summed E-state index contributed by atoms with van der Waals surface area (Å²) >= 11 is 0. The predicted octanol–water partition coefficient (Wildman–Crippen LogP) is 3.69. The first kappa shape index (κ1) is 21.7. The number of nitrogens with zero attached hydrogens (tertiary/aromatic N) is 4. The van der Waals surface area contributed by atoms with Gasteiger partial charge in [0.15, 0.2) is 5.82 Å². The lowest BCUT2D eigenvalue weighted by atomic mass is 9.79. The van der Waals surface area contributed by atoms with Crippen LogP contribution in [0, 0.1) is 5.82 Å². The molecule has 0 radical (unpaired) electrons. The monoisotopic (exact) mass is 438 g/mol. The molecule has 0 saturated carbocycles. The molecule has 1 amide bonds. The minimum absolute atomic E-state index is 0.336. The minimum atomic E-state index is -0.974. The van der Waals surface area contributed by atoms with Gasteiger partial charge in [0.2, 0.25) is 0 Å². The smallest absolute Gasteiger partial charge is 0.256 e. The number of carbonyl (C=O) groups is 1. The van der Waals surface area contributed by atoms with Crippen molar-refractivity contribution < 1.29 is 13.9 Å². The highest BCUT2D eigenvalue weighted by Gasteiger charge is 2.41. The molecule has 32 heavy (non-hydrogen) atoms. The van der Waals surface area contributed by atoms with Crippen LogP contribution in [-0.4, -0.2) is 37.5 Å². The molecule has 9 heteroatoms. The molecule has 3 aromatic rings. The number of nitrogens with one attached hydrogen (secondary N) is 2. The van der Waals surface area contributed by atoms with Crippen LogP contribution in [-0.2, 0) is 16.9 Å². The van der Waals surface area contributed by atoms with E-state index >= 15 is 4.39 Å². The Bertz CT molecular complexity index is 1140. The number of hydrogen-bond acceptors (Lipinski definition) is 5. The molecule has 8 nitrogen and oxygen atoms in total. The van der Waals surface area contributed by atoms with Gasteiger partial charge in [-0.1, -0.05) is 19.4 Å². The van der Waals surface area contributed by atoms with Crippen LogP contribution < -0.4 is 10.1 Å². The molecule has 0 spiro atoms. The summed E-state index contributed by atoms with van der Waals surface area (Å²) < 4.78 is 22.6. The molecule has 0 bridgehead atoms. The van der Waals surface area contributed by atoms with Crippen molar-refractivity contribution in [3.63, 3.8) is 0 Å². The molecular weight excluding hydrogens is 411 g/mol. The van der Waals surface area contributed by atoms with Crippen molar-refractivity contribution >= 4 is 17.1 Å². The first-order valence-corrected chi connectivity index (χ1v) is 10.8. The van der Waals surface area contributed by atoms with Crippen molar-refractivity contribution in [1.82, 2.24) is 30.3 Å². The topological polar surface area (TPSA) is 97.7 Å². The Morgan fingerprint density at radius 3 is 2.78 bits per heavy atom. The number of hydrogen-bond donors (Lipinski definition) is 2. The van der Waals surface area contributed by atoms with Gasteiger partial charge >= 0.3 is 0 Å². The first-order valence-electron chi connectivity index (χ1n) is 10.8. The van der Waals surface area contributed by atoms with E-state index in [9.17, 15) is 4.79 Å². The zero-order chi connectivity index (χ0) is 22.7. The van der Waals surface area contributed by atoms with Crippen molar-refractivity contribution in [2.75, 3.05) is 6.61 Å². The SMILES string of the molecule is CCCCOc1ccc(C2(C)CC(c3ccn(CC)n3)=C(c3ncn[nH]3)C(=O)N2)c(F)c1. The number of benzene rings is 1. The van der Waals surface area contributed by atoms with Crippen LogP contribution in [0.5, 0.6) is 5.75 Å². The molecule has 4 rings (SSSR count). The molecule has 168 valence electrons. The van der Waals surface area contributed by atoms with Crippen LogP contribution >= 0.6 is 0 Å². The Morgan fingerprint density at radius 1 is 1.28 bits per heavy atom. The van der Waals surface area contributed by atoms with Gasteiger partial charge in [-0.2, -0.15) is 10.2 Å². The zero-order valence-corrected chi connectivity index (χ0v) is 18.5. The Kier molecular flexibility index (Phi) is 6.07. The molecule has 1 aliphatic rings. The normalized spacial score (nSPS) is 18.7. The van der Waals surface area contributed by atoms with Crippen LogP contribution in [0.25, 0.3) is 11.1 Å². The van der Waals surface area contributed by atoms with E-state index in [-0.39, 0.29) is 5.91 Å². The standard InChI is InChI=1S/C23H27FN6O2/c1-4-6-11-32-15-7-8-17(18(24)12-15)23(3)13-16(19-9-10-30(5-2)29-19)20(22(31)27-23)21-25-14-26-28-21/h7-10,12,14H,4-6,11,13H2,1-3H3,(H,27,31)(H,25,26,28). The summed E-state index contributed by atoms with van der Waals surface area (Å²) in [5.74, 6) is 0.0403. The van der Waals surface area contributed by atoms with E-state index in [0.29, 0.717) is 53.5 Å². The maximum atomic E-state index is 15.2. The van der Waals surface area contributed by atoms with E-state index < -0.39 is 11.4 Å². The third kappa shape index (κ3) is 4.15. The molecule has 1 aromatic carbocycles. The maximum absolute atomic E-state index is 15.2. The van der Waals surface area contributed by atoms with Crippen LogP contribution in [0.1, 0.15) is 57.1 Å². The molecule has 0 saturated heterocycles. The maximum Gasteiger partial charge on any atom is 0.256 e. The van der Waals surface area contributed by atoms with Crippen molar-refractivity contribution in [2.45, 2.75) is 52.1 Å². The van der Waals surface area contributed by atoms with E-state index in [1.54, 1.807) is 16.8 Å². The fraction of sp³-hybridized carbons (Fsp3) is 0.391. The lowest BCUT2D eigenvalue weighted by Gasteiger charge is -2.37. The minimum Gasteiger partial charge on any atom is -0.493 e. The molecule has 0 fully saturated rings. The van der Waals surface area contributed by atoms with Gasteiger partial charge in [-0.15, -0.1) is 0 Å². The van der Waals surface area contributed by atoms with Gasteiger partial charge in [-0.25, -0.2) is 9.37 Å². The van der Waals surface area contributed by atoms with Crippen LogP contribution in [0.2, 0.25) is 0 Å². The fourth-order valence-corrected chi connectivity index (χ4v) is 3.96. The number of amides is 1. The van der Waals surface area contributed by atoms with E-state index in [2.05, 4.69) is 32.5 Å². The number of aromatic nitrogens is 5. The fourth-order valence-electron chi connectivity index (χ4n) is 3.96. The van der Waals surface area contributed by atoms with E-state index in [0.717, 1.165) is 12.8 Å². The number of aromatic amines is 1. The summed E-state index contributed by atoms with van der Waals surface area (Å²) in [7, 11) is 0. The van der Waals surface area contributed by atoms with Gasteiger partial charge < -0.3 is 10.1 Å². The van der Waals surface area contributed by atoms with Crippen LogP contribution in [0.4, 0.5) is 4.39 Å². The first-order chi connectivity index (χ1) is 15.4. The number of aryl methyl sites for hydroxylation is 1. The highest BCUT2D eigenvalue weighted by atomic mass is 19.1. The Balaban J connectivity index is 1.73. The number of ether oxygens (including phenoxy) is 1. The molecule has 3 heterocycles. The van der Waals surface area contributed by atoms with Gasteiger partial charge in [0.05, 0.1) is 23.4 Å². The molecule has 2 aromatic heterocycles. The largest absolute Gasteiger partial charge is 0.493 e. The third-order valence-corrected chi connectivity index (χ3v) is 5.68. The lowest BCUT2D eigenvalue weighted by Crippen LogP contribution is -2.48.